The van der Waals surface area contributed by atoms with Gasteiger partial charge in [-0.2, -0.15) is 0 Å². The van der Waals surface area contributed by atoms with Gasteiger partial charge in [0, 0.05) is 18.7 Å². The number of nitrogens with zero attached hydrogens (tertiary/aromatic N) is 2. The summed E-state index contributed by atoms with van der Waals surface area (Å²) in [5, 5.41) is 2.70. The van der Waals surface area contributed by atoms with E-state index in [1.165, 1.54) is 0 Å². The molecule has 0 radical (unpaired) electrons. The van der Waals surface area contributed by atoms with Gasteiger partial charge in [-0.1, -0.05) is 12.1 Å². The molecule has 0 aliphatic carbocycles. The van der Waals surface area contributed by atoms with E-state index in [4.69, 9.17) is 15.2 Å². The first-order valence-electron chi connectivity index (χ1n) is 7.87. The van der Waals surface area contributed by atoms with Crippen molar-refractivity contribution in [3.8, 4) is 17.0 Å². The molecule has 3 N–H and O–H groups in total. The lowest BCUT2D eigenvalue weighted by Crippen LogP contribution is -2.24. The molecule has 24 heavy (non-hydrogen) atoms. The zero-order valence-corrected chi connectivity index (χ0v) is 13.9. The number of ether oxygens (including phenoxy) is 2. The van der Waals surface area contributed by atoms with Gasteiger partial charge in [0.05, 0.1) is 12.3 Å². The van der Waals surface area contributed by atoms with E-state index < -0.39 is 0 Å². The number of carbonyl (C=O) groups is 1. The van der Waals surface area contributed by atoms with Crippen LogP contribution in [0.4, 0.5) is 5.95 Å². The number of nitrogens with two attached hydrogens (primary N) is 1. The number of rotatable bonds is 8. The van der Waals surface area contributed by atoms with Crippen LogP contribution < -0.4 is 15.8 Å². The maximum atomic E-state index is 12.0. The maximum Gasteiger partial charge on any atom is 0.270 e. The molecule has 7 heteroatoms. The zero-order valence-electron chi connectivity index (χ0n) is 13.9. The summed E-state index contributed by atoms with van der Waals surface area (Å²) < 4.78 is 10.9. The highest BCUT2D eigenvalue weighted by molar-refractivity contribution is 5.93. The largest absolute Gasteiger partial charge is 0.491 e. The van der Waals surface area contributed by atoms with Crippen molar-refractivity contribution in [1.29, 1.82) is 0 Å². The van der Waals surface area contributed by atoms with Gasteiger partial charge in [0.1, 0.15) is 18.1 Å². The molecule has 128 valence electrons. The molecule has 0 unspecified atom stereocenters. The molecule has 0 saturated heterocycles. The fourth-order valence-electron chi connectivity index (χ4n) is 2.09. The van der Waals surface area contributed by atoms with Crippen molar-refractivity contribution < 1.29 is 14.3 Å². The Morgan fingerprint density at radius 3 is 2.79 bits per heavy atom. The molecule has 1 aromatic carbocycles. The van der Waals surface area contributed by atoms with E-state index in [0.717, 1.165) is 5.56 Å². The lowest BCUT2D eigenvalue weighted by molar-refractivity contribution is 0.0951. The fourth-order valence-corrected chi connectivity index (χ4v) is 2.09. The Morgan fingerprint density at radius 2 is 2.04 bits per heavy atom. The highest BCUT2D eigenvalue weighted by Crippen LogP contribution is 2.23. The van der Waals surface area contributed by atoms with Gasteiger partial charge in [0.15, 0.2) is 0 Å². The molecule has 0 aliphatic heterocycles. The summed E-state index contributed by atoms with van der Waals surface area (Å²) in [6.07, 6.45) is 0. The summed E-state index contributed by atoms with van der Waals surface area (Å²) in [6, 6.07) is 9.04. The molecule has 0 aliphatic rings. The second-order valence-corrected chi connectivity index (χ2v) is 4.93. The van der Waals surface area contributed by atoms with Gasteiger partial charge < -0.3 is 20.5 Å². The van der Waals surface area contributed by atoms with Crippen molar-refractivity contribution in [3.05, 3.63) is 36.0 Å². The molecule has 0 atom stereocenters. The average Bonchev–Trinajstić information content (AvgIpc) is 2.59. The van der Waals surface area contributed by atoms with Gasteiger partial charge in [0.2, 0.25) is 5.95 Å². The van der Waals surface area contributed by atoms with Crippen LogP contribution in [0, 0.1) is 0 Å². The monoisotopic (exact) mass is 330 g/mol. The Balaban J connectivity index is 2.20. The molecule has 0 spiro atoms. The number of hydrogen-bond acceptors (Lipinski definition) is 6. The quantitative estimate of drug-likeness (QED) is 0.717. The van der Waals surface area contributed by atoms with Gasteiger partial charge in [0.25, 0.3) is 5.91 Å². The first-order valence-corrected chi connectivity index (χ1v) is 7.87. The van der Waals surface area contributed by atoms with E-state index >= 15 is 0 Å². The second kappa shape index (κ2) is 8.83. The molecule has 7 nitrogen and oxygen atoms in total. The number of anilines is 1. The number of nitrogens with one attached hydrogen (secondary N) is 1. The minimum absolute atomic E-state index is 0.0522. The summed E-state index contributed by atoms with van der Waals surface area (Å²) in [4.78, 5) is 20.1. The third-order valence-corrected chi connectivity index (χ3v) is 3.14. The Labute approximate surface area is 141 Å². The zero-order chi connectivity index (χ0) is 17.4. The third-order valence-electron chi connectivity index (χ3n) is 3.14. The number of hydrogen-bond donors (Lipinski definition) is 2. The van der Waals surface area contributed by atoms with Gasteiger partial charge in [-0.25, -0.2) is 9.97 Å². The molecule has 0 fully saturated rings. The first-order chi connectivity index (χ1) is 11.6. The standard InChI is InChI=1S/C17H22N4O3/c1-3-19-16(22)15-11-14(20-17(18)21-15)12-6-5-7-13(10-12)24-9-8-23-4-2/h5-7,10-11H,3-4,8-9H2,1-2H3,(H,19,22)(H2,18,20,21). The number of benzene rings is 1. The van der Waals surface area contributed by atoms with Crippen LogP contribution in [-0.4, -0.2) is 42.2 Å². The van der Waals surface area contributed by atoms with E-state index in [1.807, 2.05) is 38.1 Å². The topological polar surface area (TPSA) is 99.4 Å². The van der Waals surface area contributed by atoms with Crippen molar-refractivity contribution in [2.24, 2.45) is 0 Å². The molecule has 1 heterocycles. The first kappa shape index (κ1) is 17.7. The van der Waals surface area contributed by atoms with Crippen LogP contribution in [0.5, 0.6) is 5.75 Å². The lowest BCUT2D eigenvalue weighted by atomic mass is 10.1. The smallest absolute Gasteiger partial charge is 0.270 e. The lowest BCUT2D eigenvalue weighted by Gasteiger charge is -2.09. The molecule has 0 bridgehead atoms. The summed E-state index contributed by atoms with van der Waals surface area (Å²) in [7, 11) is 0. The Hall–Kier alpha value is -2.67. The average molecular weight is 330 g/mol. The van der Waals surface area contributed by atoms with Gasteiger partial charge in [-0.15, -0.1) is 0 Å². The van der Waals surface area contributed by atoms with Crippen LogP contribution in [-0.2, 0) is 4.74 Å². The number of aromatic nitrogens is 2. The highest BCUT2D eigenvalue weighted by Gasteiger charge is 2.11. The Morgan fingerprint density at radius 1 is 1.21 bits per heavy atom. The third kappa shape index (κ3) is 4.92. The minimum atomic E-state index is -0.281. The summed E-state index contributed by atoms with van der Waals surface area (Å²) in [6.45, 7) is 5.95. The van der Waals surface area contributed by atoms with Crippen LogP contribution >= 0.6 is 0 Å². The van der Waals surface area contributed by atoms with E-state index in [2.05, 4.69) is 15.3 Å². The van der Waals surface area contributed by atoms with E-state index in [9.17, 15) is 4.79 Å². The van der Waals surface area contributed by atoms with E-state index in [1.54, 1.807) is 6.07 Å². The Bertz CT molecular complexity index is 691. The normalized spacial score (nSPS) is 10.4. The second-order valence-electron chi connectivity index (χ2n) is 4.93. The van der Waals surface area contributed by atoms with E-state index in [0.29, 0.717) is 37.8 Å². The molecular weight excluding hydrogens is 308 g/mol. The van der Waals surface area contributed by atoms with Crippen molar-refractivity contribution in [2.75, 3.05) is 32.1 Å². The minimum Gasteiger partial charge on any atom is -0.491 e. The molecule has 1 amide bonds. The van der Waals surface area contributed by atoms with Crippen molar-refractivity contribution in [3.63, 3.8) is 0 Å². The SMILES string of the molecule is CCNC(=O)c1cc(-c2cccc(OCCOCC)c2)nc(N)n1. The van der Waals surface area contributed by atoms with Crippen molar-refractivity contribution in [2.45, 2.75) is 13.8 Å². The molecular formula is C17H22N4O3. The van der Waals surface area contributed by atoms with Gasteiger partial charge in [-0.3, -0.25) is 4.79 Å². The summed E-state index contributed by atoms with van der Waals surface area (Å²) >= 11 is 0. The molecule has 2 aromatic rings. The van der Waals surface area contributed by atoms with Crippen LogP contribution in [0.2, 0.25) is 0 Å². The van der Waals surface area contributed by atoms with Gasteiger partial charge >= 0.3 is 0 Å². The van der Waals surface area contributed by atoms with Crippen LogP contribution in [0.25, 0.3) is 11.3 Å². The van der Waals surface area contributed by atoms with Crippen LogP contribution in [0.3, 0.4) is 0 Å². The predicted octanol–water partition coefficient (Wildman–Crippen LogP) is 1.89. The number of nitrogen functional groups attached to an aromatic ring is 1. The van der Waals surface area contributed by atoms with Crippen molar-refractivity contribution in [1.82, 2.24) is 15.3 Å². The molecule has 1 aromatic heterocycles. The maximum absolute atomic E-state index is 12.0. The Kier molecular flexibility index (Phi) is 6.51. The van der Waals surface area contributed by atoms with Crippen LogP contribution in [0.15, 0.2) is 30.3 Å². The fraction of sp³-hybridized carbons (Fsp3) is 0.353. The van der Waals surface area contributed by atoms with Crippen molar-refractivity contribution >= 4 is 11.9 Å². The summed E-state index contributed by atoms with van der Waals surface area (Å²) in [5.74, 6) is 0.470. The van der Waals surface area contributed by atoms with Crippen LogP contribution in [0.1, 0.15) is 24.3 Å². The number of carbonyl (C=O) groups excluding carboxylic acids is 1. The van der Waals surface area contributed by atoms with Gasteiger partial charge in [-0.05, 0) is 32.0 Å². The summed E-state index contributed by atoms with van der Waals surface area (Å²) in [5.41, 5.74) is 7.33. The predicted molar refractivity (Wildman–Crippen MR) is 91.9 cm³/mol. The van der Waals surface area contributed by atoms with E-state index in [-0.39, 0.29) is 17.5 Å². The molecule has 2 rings (SSSR count). The molecule has 0 saturated carbocycles. The highest BCUT2D eigenvalue weighted by atomic mass is 16.5. The number of amides is 1.